The molecule has 0 saturated carbocycles. The van der Waals surface area contributed by atoms with Crippen LogP contribution in [0, 0.1) is 5.82 Å². The van der Waals surface area contributed by atoms with Gasteiger partial charge in [-0.15, -0.1) is 0 Å². The standard InChI is InChI=1S/C27H22FN3O4S/c1-30-20-5-3-2-4-19(20)24-25(26(33)29-13-16-6-8-17(28)9-7-16)31(23(32)14-36-27(24)30)18-10-11-21-22(12-18)35-15-34-21/h2-12,25H,13-15H2,1H3,(H,29,33)/t25-/m1/s1. The Morgan fingerprint density at radius 1 is 1.08 bits per heavy atom. The third-order valence-corrected chi connectivity index (χ3v) is 7.64. The van der Waals surface area contributed by atoms with Gasteiger partial charge in [-0.3, -0.25) is 14.5 Å². The molecule has 2 aliphatic rings. The van der Waals surface area contributed by atoms with Crippen LogP contribution in [0.25, 0.3) is 10.9 Å². The normalized spacial score (nSPS) is 16.7. The van der Waals surface area contributed by atoms with E-state index >= 15 is 0 Å². The van der Waals surface area contributed by atoms with E-state index in [0.717, 1.165) is 27.1 Å². The fourth-order valence-corrected chi connectivity index (χ4v) is 5.84. The quantitative estimate of drug-likeness (QED) is 0.443. The molecule has 0 radical (unpaired) electrons. The molecule has 7 nitrogen and oxygen atoms in total. The van der Waals surface area contributed by atoms with Gasteiger partial charge in [-0.25, -0.2) is 4.39 Å². The second kappa shape index (κ2) is 8.91. The van der Waals surface area contributed by atoms with E-state index in [1.165, 1.54) is 23.9 Å². The summed E-state index contributed by atoms with van der Waals surface area (Å²) in [4.78, 5) is 29.0. The van der Waals surface area contributed by atoms with Crippen LogP contribution in [0.3, 0.4) is 0 Å². The van der Waals surface area contributed by atoms with Crippen molar-refractivity contribution in [1.82, 2.24) is 9.88 Å². The third kappa shape index (κ3) is 3.76. The molecule has 3 heterocycles. The molecule has 0 unspecified atom stereocenters. The van der Waals surface area contributed by atoms with Gasteiger partial charge in [0, 0.05) is 41.8 Å². The molecule has 0 saturated heterocycles. The number of hydrogen-bond donors (Lipinski definition) is 1. The van der Waals surface area contributed by atoms with Crippen LogP contribution in [0.5, 0.6) is 11.5 Å². The topological polar surface area (TPSA) is 72.8 Å². The molecule has 2 amide bonds. The second-order valence-corrected chi connectivity index (χ2v) is 9.60. The fourth-order valence-electron chi connectivity index (χ4n) is 4.78. The number of hydrogen-bond acceptors (Lipinski definition) is 5. The molecule has 0 bridgehead atoms. The highest BCUT2D eigenvalue weighted by Gasteiger charge is 2.40. The minimum Gasteiger partial charge on any atom is -0.454 e. The summed E-state index contributed by atoms with van der Waals surface area (Å²) in [7, 11) is 1.95. The predicted molar refractivity (Wildman–Crippen MR) is 135 cm³/mol. The average Bonchev–Trinajstić information content (AvgIpc) is 3.42. The van der Waals surface area contributed by atoms with Crippen molar-refractivity contribution < 1.29 is 23.5 Å². The van der Waals surface area contributed by atoms with Crippen LogP contribution in [0.15, 0.2) is 71.8 Å². The van der Waals surface area contributed by atoms with Crippen LogP contribution in [-0.2, 0) is 23.2 Å². The van der Waals surface area contributed by atoms with Crippen LogP contribution >= 0.6 is 11.8 Å². The summed E-state index contributed by atoms with van der Waals surface area (Å²) in [5.41, 5.74) is 3.06. The minimum atomic E-state index is -0.922. The lowest BCUT2D eigenvalue weighted by molar-refractivity contribution is -0.125. The SMILES string of the molecule is Cn1c2c(c3ccccc31)[C@H](C(=O)NCc1ccc(F)cc1)N(c1ccc3c(c1)OCO3)C(=O)CS2. The van der Waals surface area contributed by atoms with Crippen molar-refractivity contribution in [2.24, 2.45) is 7.05 Å². The van der Waals surface area contributed by atoms with E-state index in [9.17, 15) is 14.0 Å². The molecular weight excluding hydrogens is 481 g/mol. The molecule has 1 N–H and O–H groups in total. The van der Waals surface area contributed by atoms with E-state index in [-0.39, 0.29) is 36.7 Å². The van der Waals surface area contributed by atoms with Gasteiger partial charge in [0.05, 0.1) is 10.8 Å². The van der Waals surface area contributed by atoms with Crippen LogP contribution < -0.4 is 19.7 Å². The summed E-state index contributed by atoms with van der Waals surface area (Å²) in [6.45, 7) is 0.309. The van der Waals surface area contributed by atoms with Crippen LogP contribution in [-0.4, -0.2) is 28.9 Å². The fraction of sp³-hybridized carbons (Fsp3) is 0.185. The highest BCUT2D eigenvalue weighted by atomic mass is 32.2. The van der Waals surface area contributed by atoms with Gasteiger partial charge in [0.2, 0.25) is 18.6 Å². The number of thioether (sulfide) groups is 1. The molecule has 0 fully saturated rings. The van der Waals surface area contributed by atoms with Gasteiger partial charge in [-0.2, -0.15) is 0 Å². The van der Waals surface area contributed by atoms with Crippen LogP contribution in [0.4, 0.5) is 10.1 Å². The summed E-state index contributed by atoms with van der Waals surface area (Å²) >= 11 is 1.43. The lowest BCUT2D eigenvalue weighted by Crippen LogP contribution is -2.43. The Morgan fingerprint density at radius 3 is 2.69 bits per heavy atom. The third-order valence-electron chi connectivity index (χ3n) is 6.49. The summed E-state index contributed by atoms with van der Waals surface area (Å²) in [6, 6.07) is 18.2. The molecular formula is C27H22FN3O4S. The first-order valence-electron chi connectivity index (χ1n) is 11.5. The highest BCUT2D eigenvalue weighted by molar-refractivity contribution is 8.00. The van der Waals surface area contributed by atoms with Crippen LogP contribution in [0.1, 0.15) is 17.2 Å². The zero-order chi connectivity index (χ0) is 24.8. The molecule has 1 aromatic heterocycles. The number of carbonyl (C=O) groups excluding carboxylic acids is 2. The number of aromatic nitrogens is 1. The van der Waals surface area contributed by atoms with Crippen molar-refractivity contribution >= 4 is 40.2 Å². The molecule has 2 aliphatic heterocycles. The van der Waals surface area contributed by atoms with Gasteiger partial charge in [0.15, 0.2) is 11.5 Å². The van der Waals surface area contributed by atoms with Crippen molar-refractivity contribution in [3.63, 3.8) is 0 Å². The van der Waals surface area contributed by atoms with E-state index in [2.05, 4.69) is 5.32 Å². The lowest BCUT2D eigenvalue weighted by atomic mass is 10.0. The number of anilines is 1. The number of fused-ring (bicyclic) bond motifs is 4. The Labute approximate surface area is 210 Å². The molecule has 6 rings (SSSR count). The first kappa shape index (κ1) is 22.5. The largest absolute Gasteiger partial charge is 0.454 e. The van der Waals surface area contributed by atoms with E-state index in [0.29, 0.717) is 17.2 Å². The molecule has 3 aromatic carbocycles. The molecule has 9 heteroatoms. The molecule has 36 heavy (non-hydrogen) atoms. The number of halogens is 1. The summed E-state index contributed by atoms with van der Waals surface area (Å²) in [5.74, 6) is 0.435. The number of amides is 2. The minimum absolute atomic E-state index is 0.109. The number of benzene rings is 3. The first-order chi connectivity index (χ1) is 17.5. The predicted octanol–water partition coefficient (Wildman–Crippen LogP) is 4.54. The summed E-state index contributed by atoms with van der Waals surface area (Å²) in [6.07, 6.45) is 0. The molecule has 0 aliphatic carbocycles. The van der Waals surface area contributed by atoms with Crippen LogP contribution in [0.2, 0.25) is 0 Å². The second-order valence-electron chi connectivity index (χ2n) is 8.63. The van der Waals surface area contributed by atoms with E-state index in [1.54, 1.807) is 35.2 Å². The number of aryl methyl sites for hydroxylation is 1. The summed E-state index contributed by atoms with van der Waals surface area (Å²) < 4.78 is 26.4. The van der Waals surface area contributed by atoms with Gasteiger partial charge in [-0.1, -0.05) is 42.1 Å². The van der Waals surface area contributed by atoms with Gasteiger partial charge in [0.25, 0.3) is 0 Å². The Kier molecular flexibility index (Phi) is 5.56. The Bertz CT molecular complexity index is 1500. The van der Waals surface area contributed by atoms with Gasteiger partial charge < -0.3 is 19.4 Å². The smallest absolute Gasteiger partial charge is 0.248 e. The number of rotatable bonds is 4. The highest BCUT2D eigenvalue weighted by Crippen LogP contribution is 2.45. The number of para-hydroxylation sites is 1. The Morgan fingerprint density at radius 2 is 1.86 bits per heavy atom. The zero-order valence-electron chi connectivity index (χ0n) is 19.4. The van der Waals surface area contributed by atoms with Crippen molar-refractivity contribution in [2.75, 3.05) is 17.4 Å². The van der Waals surface area contributed by atoms with Crippen molar-refractivity contribution in [1.29, 1.82) is 0 Å². The molecule has 182 valence electrons. The van der Waals surface area contributed by atoms with Gasteiger partial charge >= 0.3 is 0 Å². The van der Waals surface area contributed by atoms with Crippen molar-refractivity contribution in [3.8, 4) is 11.5 Å². The maximum Gasteiger partial charge on any atom is 0.248 e. The Balaban J connectivity index is 1.47. The maximum absolute atomic E-state index is 13.9. The van der Waals surface area contributed by atoms with Crippen molar-refractivity contribution in [3.05, 3.63) is 83.7 Å². The maximum atomic E-state index is 13.9. The van der Waals surface area contributed by atoms with E-state index in [1.807, 2.05) is 35.9 Å². The van der Waals surface area contributed by atoms with Gasteiger partial charge in [0.1, 0.15) is 11.9 Å². The molecule has 4 aromatic rings. The number of carbonyl (C=O) groups is 2. The van der Waals surface area contributed by atoms with E-state index < -0.39 is 6.04 Å². The Hall–Kier alpha value is -3.98. The summed E-state index contributed by atoms with van der Waals surface area (Å²) in [5, 5.41) is 4.75. The van der Waals surface area contributed by atoms with Gasteiger partial charge in [-0.05, 0) is 35.9 Å². The average molecular weight is 504 g/mol. The van der Waals surface area contributed by atoms with Crippen molar-refractivity contribution in [2.45, 2.75) is 17.6 Å². The first-order valence-corrected chi connectivity index (χ1v) is 12.4. The number of nitrogens with zero attached hydrogens (tertiary/aromatic N) is 2. The zero-order valence-corrected chi connectivity index (χ0v) is 20.2. The lowest BCUT2D eigenvalue weighted by Gasteiger charge is -2.30. The molecule has 1 atom stereocenters. The number of nitrogens with one attached hydrogen (secondary N) is 1. The monoisotopic (exact) mass is 503 g/mol. The number of ether oxygens (including phenoxy) is 2. The van der Waals surface area contributed by atoms with E-state index in [4.69, 9.17) is 9.47 Å². The molecule has 0 spiro atoms.